The second kappa shape index (κ2) is 9.40. The fourth-order valence-corrected chi connectivity index (χ4v) is 4.86. The minimum Gasteiger partial charge on any atom is -0.493 e. The van der Waals surface area contributed by atoms with E-state index in [1.807, 2.05) is 19.1 Å². The molecule has 1 aliphatic rings. The van der Waals surface area contributed by atoms with Gasteiger partial charge in [-0.2, -0.15) is 4.98 Å². The zero-order valence-electron chi connectivity index (χ0n) is 18.8. The Hall–Kier alpha value is -3.89. The molecule has 3 aromatic heterocycles. The topological polar surface area (TPSA) is 86.3 Å². The number of carbonyl (C=O) groups is 1. The van der Waals surface area contributed by atoms with Crippen LogP contribution in [0.5, 0.6) is 17.4 Å². The van der Waals surface area contributed by atoms with Gasteiger partial charge in [0.1, 0.15) is 21.3 Å². The number of hydrogen-bond acceptors (Lipinski definition) is 8. The third kappa shape index (κ3) is 4.33. The molecule has 1 aliphatic heterocycles. The van der Waals surface area contributed by atoms with Crippen molar-refractivity contribution >= 4 is 45.9 Å². The summed E-state index contributed by atoms with van der Waals surface area (Å²) in [6.07, 6.45) is 4.65. The van der Waals surface area contributed by atoms with Gasteiger partial charge in [-0.15, -0.1) is 0 Å². The van der Waals surface area contributed by atoms with Gasteiger partial charge in [0.15, 0.2) is 11.5 Å². The van der Waals surface area contributed by atoms with Gasteiger partial charge >= 0.3 is 0 Å². The van der Waals surface area contributed by atoms with Crippen LogP contribution in [0, 0.1) is 6.92 Å². The number of hydrogen-bond donors (Lipinski definition) is 0. The van der Waals surface area contributed by atoms with E-state index in [1.165, 1.54) is 28.7 Å². The summed E-state index contributed by atoms with van der Waals surface area (Å²) in [6.45, 7) is 2.06. The Morgan fingerprint density at radius 1 is 1.11 bits per heavy atom. The summed E-state index contributed by atoms with van der Waals surface area (Å²) in [5.74, 6) is 1.21. The molecule has 35 heavy (non-hydrogen) atoms. The summed E-state index contributed by atoms with van der Waals surface area (Å²) < 4.78 is 18.6. The van der Waals surface area contributed by atoms with E-state index in [-0.39, 0.29) is 34.4 Å². The first-order chi connectivity index (χ1) is 17.0. The number of ether oxygens (including phenoxy) is 2. The van der Waals surface area contributed by atoms with Crippen LogP contribution in [0.15, 0.2) is 75.1 Å². The van der Waals surface area contributed by atoms with Crippen LogP contribution in [0.4, 0.5) is 0 Å². The monoisotopic (exact) mass is 505 g/mol. The highest BCUT2D eigenvalue weighted by molar-refractivity contribution is 8.26. The first kappa shape index (κ1) is 22.9. The molecule has 8 nitrogen and oxygen atoms in total. The van der Waals surface area contributed by atoms with Gasteiger partial charge in [0, 0.05) is 6.20 Å². The molecule has 0 saturated carbocycles. The van der Waals surface area contributed by atoms with Gasteiger partial charge < -0.3 is 13.9 Å². The molecule has 4 aromatic rings. The number of fused-ring (bicyclic) bond motifs is 1. The van der Waals surface area contributed by atoms with Crippen LogP contribution < -0.4 is 15.0 Å². The number of para-hydroxylation sites is 2. The molecule has 5 rings (SSSR count). The number of thiocarbonyl (C=S) groups is 1. The first-order valence-electron chi connectivity index (χ1n) is 10.6. The average molecular weight is 506 g/mol. The third-order valence-corrected chi connectivity index (χ3v) is 6.75. The van der Waals surface area contributed by atoms with Crippen molar-refractivity contribution in [3.05, 3.63) is 93.1 Å². The number of furan rings is 1. The number of benzene rings is 1. The standard InChI is InChI=1S/C25H19N3O5S2/c1-15-7-5-11-27-21(15)26-22(33-19-10-4-3-9-18(19)31-2)17(23(27)29)13-20-24(30)28(25(34)35-20)14-16-8-6-12-32-16/h3-13H,14H2,1-2H3/b20-13+. The molecular formula is C25H19N3O5S2. The van der Waals surface area contributed by atoms with Gasteiger partial charge in [-0.1, -0.05) is 42.2 Å². The van der Waals surface area contributed by atoms with Crippen molar-refractivity contribution in [2.75, 3.05) is 7.11 Å². The number of pyridine rings is 1. The Morgan fingerprint density at radius 3 is 2.66 bits per heavy atom. The van der Waals surface area contributed by atoms with E-state index < -0.39 is 0 Å². The SMILES string of the molecule is COc1ccccc1Oc1nc2c(C)cccn2c(=O)c1/C=C1/SC(=S)N(Cc2ccco2)C1=O. The second-order valence-electron chi connectivity index (χ2n) is 7.62. The first-order valence-corrected chi connectivity index (χ1v) is 11.8. The van der Waals surface area contributed by atoms with Crippen molar-refractivity contribution in [2.24, 2.45) is 0 Å². The molecule has 0 spiro atoms. The van der Waals surface area contributed by atoms with E-state index in [2.05, 4.69) is 4.98 Å². The number of carbonyl (C=O) groups excluding carboxylic acids is 1. The highest BCUT2D eigenvalue weighted by Gasteiger charge is 2.33. The molecule has 0 aliphatic carbocycles. The Kier molecular flexibility index (Phi) is 6.14. The van der Waals surface area contributed by atoms with Gasteiger partial charge in [0.2, 0.25) is 5.88 Å². The lowest BCUT2D eigenvalue weighted by Gasteiger charge is -2.13. The molecule has 0 unspecified atom stereocenters. The van der Waals surface area contributed by atoms with Gasteiger partial charge in [-0.05, 0) is 48.9 Å². The smallest absolute Gasteiger partial charge is 0.269 e. The fraction of sp³-hybridized carbons (Fsp3) is 0.120. The molecular weight excluding hydrogens is 486 g/mol. The van der Waals surface area contributed by atoms with E-state index in [0.717, 1.165) is 17.3 Å². The second-order valence-corrected chi connectivity index (χ2v) is 9.30. The summed E-state index contributed by atoms with van der Waals surface area (Å²) in [6, 6.07) is 14.2. The predicted molar refractivity (Wildman–Crippen MR) is 137 cm³/mol. The zero-order valence-corrected chi connectivity index (χ0v) is 20.4. The summed E-state index contributed by atoms with van der Waals surface area (Å²) in [5, 5.41) is 0. The summed E-state index contributed by atoms with van der Waals surface area (Å²) in [5.41, 5.74) is 0.994. The maximum Gasteiger partial charge on any atom is 0.269 e. The Bertz CT molecular complexity index is 1540. The van der Waals surface area contributed by atoms with Crippen molar-refractivity contribution in [2.45, 2.75) is 13.5 Å². The van der Waals surface area contributed by atoms with E-state index in [0.29, 0.717) is 27.2 Å². The highest BCUT2D eigenvalue weighted by Crippen LogP contribution is 2.36. The molecule has 0 atom stereocenters. The molecule has 0 N–H and O–H groups in total. The largest absolute Gasteiger partial charge is 0.493 e. The number of amides is 1. The molecule has 176 valence electrons. The van der Waals surface area contributed by atoms with Gasteiger partial charge in [-0.3, -0.25) is 18.9 Å². The predicted octanol–water partition coefficient (Wildman–Crippen LogP) is 4.80. The molecule has 0 radical (unpaired) electrons. The molecule has 1 aromatic carbocycles. The molecule has 1 fully saturated rings. The maximum absolute atomic E-state index is 13.5. The quantitative estimate of drug-likeness (QED) is 0.273. The summed E-state index contributed by atoms with van der Waals surface area (Å²) in [4.78, 5) is 33.1. The van der Waals surface area contributed by atoms with Gasteiger partial charge in [0.25, 0.3) is 11.5 Å². The number of thioether (sulfide) groups is 1. The van der Waals surface area contributed by atoms with Crippen molar-refractivity contribution in [1.82, 2.24) is 14.3 Å². The summed E-state index contributed by atoms with van der Waals surface area (Å²) >= 11 is 6.53. The average Bonchev–Trinajstić information content (AvgIpc) is 3.46. The van der Waals surface area contributed by atoms with Crippen LogP contribution in [0.2, 0.25) is 0 Å². The van der Waals surface area contributed by atoms with E-state index in [4.69, 9.17) is 26.1 Å². The Labute approximate surface area is 209 Å². The number of methoxy groups -OCH3 is 1. The number of aryl methyl sites for hydroxylation is 1. The molecule has 0 bridgehead atoms. The van der Waals surface area contributed by atoms with Gasteiger partial charge in [-0.25, -0.2) is 0 Å². The van der Waals surface area contributed by atoms with E-state index in [1.54, 1.807) is 42.6 Å². The minimum absolute atomic E-state index is 0.0603. The zero-order chi connectivity index (χ0) is 24.5. The van der Waals surface area contributed by atoms with Crippen LogP contribution in [-0.2, 0) is 11.3 Å². The Morgan fingerprint density at radius 2 is 1.91 bits per heavy atom. The lowest BCUT2D eigenvalue weighted by atomic mass is 10.2. The lowest BCUT2D eigenvalue weighted by Crippen LogP contribution is -2.27. The fourth-order valence-electron chi connectivity index (χ4n) is 3.63. The molecule has 1 amide bonds. The van der Waals surface area contributed by atoms with Crippen molar-refractivity contribution < 1.29 is 18.7 Å². The lowest BCUT2D eigenvalue weighted by molar-refractivity contribution is -0.122. The summed E-state index contributed by atoms with van der Waals surface area (Å²) in [7, 11) is 1.53. The van der Waals surface area contributed by atoms with Crippen LogP contribution in [0.25, 0.3) is 11.7 Å². The van der Waals surface area contributed by atoms with E-state index in [9.17, 15) is 9.59 Å². The third-order valence-electron chi connectivity index (χ3n) is 5.37. The van der Waals surface area contributed by atoms with Crippen molar-refractivity contribution in [1.29, 1.82) is 0 Å². The molecule has 10 heteroatoms. The van der Waals surface area contributed by atoms with Crippen LogP contribution in [0.1, 0.15) is 16.9 Å². The molecule has 1 saturated heterocycles. The van der Waals surface area contributed by atoms with Crippen LogP contribution in [-0.4, -0.2) is 31.6 Å². The minimum atomic E-state index is -0.375. The number of nitrogens with zero attached hydrogens (tertiary/aromatic N) is 3. The maximum atomic E-state index is 13.5. The van der Waals surface area contributed by atoms with Crippen molar-refractivity contribution in [3.63, 3.8) is 0 Å². The van der Waals surface area contributed by atoms with Gasteiger partial charge in [0.05, 0.1) is 24.8 Å². The molecule has 4 heterocycles. The van der Waals surface area contributed by atoms with Crippen molar-refractivity contribution in [3.8, 4) is 17.4 Å². The van der Waals surface area contributed by atoms with E-state index >= 15 is 0 Å². The Balaban J connectivity index is 1.62. The van der Waals surface area contributed by atoms with Crippen LogP contribution in [0.3, 0.4) is 0 Å². The van der Waals surface area contributed by atoms with Crippen LogP contribution >= 0.6 is 24.0 Å². The normalized spacial score (nSPS) is 14.8. The number of aromatic nitrogens is 2. The highest BCUT2D eigenvalue weighted by atomic mass is 32.2. The number of rotatable bonds is 6.